The summed E-state index contributed by atoms with van der Waals surface area (Å²) >= 11 is 6.15. The molecule has 2 aromatic rings. The summed E-state index contributed by atoms with van der Waals surface area (Å²) in [6, 6.07) is 10.4. The maximum Gasteiger partial charge on any atom is 0.231 e. The molecule has 2 aromatic carbocycles. The van der Waals surface area contributed by atoms with E-state index in [9.17, 15) is 4.39 Å². The van der Waals surface area contributed by atoms with Crippen molar-refractivity contribution in [2.75, 3.05) is 6.79 Å². The van der Waals surface area contributed by atoms with Crippen LogP contribution in [0.2, 0.25) is 5.02 Å². The molecule has 0 spiro atoms. The Morgan fingerprint density at radius 2 is 2.14 bits per heavy atom. The first-order valence-corrected chi connectivity index (χ1v) is 7.08. The first-order valence-electron chi connectivity index (χ1n) is 6.70. The molecule has 5 heteroatoms. The molecule has 110 valence electrons. The lowest BCUT2D eigenvalue weighted by Crippen LogP contribution is -2.18. The zero-order valence-electron chi connectivity index (χ0n) is 11.5. The zero-order chi connectivity index (χ0) is 14.8. The van der Waals surface area contributed by atoms with Gasteiger partial charge in [-0.25, -0.2) is 4.39 Å². The van der Waals surface area contributed by atoms with Gasteiger partial charge in [0.25, 0.3) is 0 Å². The van der Waals surface area contributed by atoms with Crippen molar-refractivity contribution in [3.05, 3.63) is 58.4 Å². The van der Waals surface area contributed by atoms with Crippen molar-refractivity contribution in [3.8, 4) is 11.5 Å². The Balaban J connectivity index is 1.69. The fraction of sp³-hybridized carbons (Fsp3) is 0.250. The number of hydrogen-bond acceptors (Lipinski definition) is 3. The smallest absolute Gasteiger partial charge is 0.231 e. The Morgan fingerprint density at radius 1 is 1.29 bits per heavy atom. The third-order valence-corrected chi connectivity index (χ3v) is 3.73. The van der Waals surface area contributed by atoms with Gasteiger partial charge in [0, 0.05) is 12.6 Å². The summed E-state index contributed by atoms with van der Waals surface area (Å²) in [4.78, 5) is 0. The standard InChI is InChI=1S/C16H15ClFNO2/c1-10(12-3-2-4-13(18)7-12)19-8-11-5-14(17)16-15(6-11)20-9-21-16/h2-7,10,19H,8-9H2,1H3. The van der Waals surface area contributed by atoms with Gasteiger partial charge in [-0.3, -0.25) is 0 Å². The van der Waals surface area contributed by atoms with Gasteiger partial charge in [-0.15, -0.1) is 0 Å². The van der Waals surface area contributed by atoms with E-state index in [1.54, 1.807) is 6.07 Å². The van der Waals surface area contributed by atoms with Crippen LogP contribution in [0.15, 0.2) is 36.4 Å². The highest BCUT2D eigenvalue weighted by molar-refractivity contribution is 6.32. The maximum atomic E-state index is 13.2. The Bertz CT molecular complexity index is 663. The third-order valence-electron chi connectivity index (χ3n) is 3.45. The molecule has 0 saturated heterocycles. The number of halogens is 2. The molecule has 1 atom stereocenters. The Morgan fingerprint density at radius 3 is 2.95 bits per heavy atom. The minimum absolute atomic E-state index is 0.0323. The van der Waals surface area contributed by atoms with Crippen molar-refractivity contribution >= 4 is 11.6 Å². The molecule has 0 aromatic heterocycles. The van der Waals surface area contributed by atoms with E-state index in [4.69, 9.17) is 21.1 Å². The van der Waals surface area contributed by atoms with Crippen LogP contribution in [0, 0.1) is 5.82 Å². The van der Waals surface area contributed by atoms with Crippen LogP contribution in [-0.2, 0) is 6.54 Å². The van der Waals surface area contributed by atoms with E-state index in [2.05, 4.69) is 5.32 Å². The molecular weight excluding hydrogens is 293 g/mol. The fourth-order valence-electron chi connectivity index (χ4n) is 2.29. The van der Waals surface area contributed by atoms with Gasteiger partial charge in [0.15, 0.2) is 11.5 Å². The van der Waals surface area contributed by atoms with Crippen LogP contribution in [0.3, 0.4) is 0 Å². The molecule has 0 aliphatic carbocycles. The number of ether oxygens (including phenoxy) is 2. The minimum Gasteiger partial charge on any atom is -0.454 e. The van der Waals surface area contributed by atoms with Crippen LogP contribution in [0.4, 0.5) is 4.39 Å². The largest absolute Gasteiger partial charge is 0.454 e. The SMILES string of the molecule is CC(NCc1cc(Cl)c2c(c1)OCO2)c1cccc(F)c1. The van der Waals surface area contributed by atoms with Crippen LogP contribution in [-0.4, -0.2) is 6.79 Å². The van der Waals surface area contributed by atoms with E-state index in [0.29, 0.717) is 23.1 Å². The molecule has 3 nitrogen and oxygen atoms in total. The summed E-state index contributed by atoms with van der Waals surface area (Å²) in [5, 5.41) is 3.88. The van der Waals surface area contributed by atoms with E-state index < -0.39 is 0 Å². The quantitative estimate of drug-likeness (QED) is 0.924. The molecular formula is C16H15ClFNO2. The van der Waals surface area contributed by atoms with E-state index >= 15 is 0 Å². The van der Waals surface area contributed by atoms with Crippen molar-refractivity contribution in [1.29, 1.82) is 0 Å². The van der Waals surface area contributed by atoms with E-state index in [1.807, 2.05) is 25.1 Å². The number of hydrogen-bond donors (Lipinski definition) is 1. The fourth-order valence-corrected chi connectivity index (χ4v) is 2.58. The van der Waals surface area contributed by atoms with E-state index in [1.165, 1.54) is 12.1 Å². The number of fused-ring (bicyclic) bond motifs is 1. The van der Waals surface area contributed by atoms with Gasteiger partial charge >= 0.3 is 0 Å². The number of rotatable bonds is 4. The van der Waals surface area contributed by atoms with Crippen molar-refractivity contribution in [2.24, 2.45) is 0 Å². The summed E-state index contributed by atoms with van der Waals surface area (Å²) in [7, 11) is 0. The van der Waals surface area contributed by atoms with Crippen LogP contribution < -0.4 is 14.8 Å². The molecule has 1 heterocycles. The average molecular weight is 308 g/mol. The van der Waals surface area contributed by atoms with Gasteiger partial charge in [-0.05, 0) is 42.3 Å². The molecule has 1 aliphatic heterocycles. The van der Waals surface area contributed by atoms with Gasteiger partial charge < -0.3 is 14.8 Å². The third kappa shape index (κ3) is 3.12. The molecule has 0 fully saturated rings. The summed E-state index contributed by atoms with van der Waals surface area (Å²) in [5.74, 6) is 1.03. The topological polar surface area (TPSA) is 30.5 Å². The molecule has 0 bridgehead atoms. The monoisotopic (exact) mass is 307 g/mol. The maximum absolute atomic E-state index is 13.2. The lowest BCUT2D eigenvalue weighted by atomic mass is 10.1. The Hall–Kier alpha value is -1.78. The molecule has 1 aliphatic rings. The molecule has 0 saturated carbocycles. The van der Waals surface area contributed by atoms with Gasteiger partial charge in [0.2, 0.25) is 6.79 Å². The van der Waals surface area contributed by atoms with E-state index in [-0.39, 0.29) is 18.7 Å². The normalized spacial score (nSPS) is 14.2. The second-order valence-electron chi connectivity index (χ2n) is 4.97. The predicted molar refractivity (Wildman–Crippen MR) is 79.2 cm³/mol. The second-order valence-corrected chi connectivity index (χ2v) is 5.38. The summed E-state index contributed by atoms with van der Waals surface area (Å²) < 4.78 is 23.8. The molecule has 0 radical (unpaired) electrons. The van der Waals surface area contributed by atoms with Crippen LogP contribution >= 0.6 is 11.6 Å². The molecule has 1 unspecified atom stereocenters. The minimum atomic E-state index is -0.229. The summed E-state index contributed by atoms with van der Waals surface area (Å²) in [6.07, 6.45) is 0. The van der Waals surface area contributed by atoms with Crippen molar-refractivity contribution in [2.45, 2.75) is 19.5 Å². The van der Waals surface area contributed by atoms with Gasteiger partial charge in [0.05, 0.1) is 5.02 Å². The van der Waals surface area contributed by atoms with Gasteiger partial charge in [0.1, 0.15) is 5.82 Å². The lowest BCUT2D eigenvalue weighted by Gasteiger charge is -2.15. The van der Waals surface area contributed by atoms with Crippen molar-refractivity contribution in [1.82, 2.24) is 5.32 Å². The molecule has 1 N–H and O–H groups in total. The summed E-state index contributed by atoms with van der Waals surface area (Å²) in [6.45, 7) is 2.79. The highest BCUT2D eigenvalue weighted by Gasteiger charge is 2.18. The lowest BCUT2D eigenvalue weighted by molar-refractivity contribution is 0.174. The zero-order valence-corrected chi connectivity index (χ0v) is 12.3. The number of nitrogens with one attached hydrogen (secondary N) is 1. The molecule has 0 amide bonds. The Kier molecular flexibility index (Phi) is 3.99. The van der Waals surface area contributed by atoms with Crippen LogP contribution in [0.5, 0.6) is 11.5 Å². The first kappa shape index (κ1) is 14.2. The predicted octanol–water partition coefficient (Wildman–Crippen LogP) is 4.06. The number of benzene rings is 2. The summed E-state index contributed by atoms with van der Waals surface area (Å²) in [5.41, 5.74) is 1.90. The van der Waals surface area contributed by atoms with Gasteiger partial charge in [-0.1, -0.05) is 23.7 Å². The molecule has 3 rings (SSSR count). The van der Waals surface area contributed by atoms with Crippen LogP contribution in [0.1, 0.15) is 24.1 Å². The van der Waals surface area contributed by atoms with Crippen LogP contribution in [0.25, 0.3) is 0 Å². The van der Waals surface area contributed by atoms with Crippen molar-refractivity contribution < 1.29 is 13.9 Å². The van der Waals surface area contributed by atoms with Crippen molar-refractivity contribution in [3.63, 3.8) is 0 Å². The highest BCUT2D eigenvalue weighted by atomic mass is 35.5. The first-order chi connectivity index (χ1) is 10.1. The van der Waals surface area contributed by atoms with Gasteiger partial charge in [-0.2, -0.15) is 0 Å². The van der Waals surface area contributed by atoms with E-state index in [0.717, 1.165) is 11.1 Å². The highest BCUT2D eigenvalue weighted by Crippen LogP contribution is 2.39. The second kappa shape index (κ2) is 5.92. The average Bonchev–Trinajstić information content (AvgIpc) is 2.93. The molecule has 21 heavy (non-hydrogen) atoms. The Labute approximate surface area is 127 Å².